The van der Waals surface area contributed by atoms with Gasteiger partial charge in [0.2, 0.25) is 0 Å². The molecule has 0 amide bonds. The van der Waals surface area contributed by atoms with E-state index in [-0.39, 0.29) is 5.82 Å². The van der Waals surface area contributed by atoms with Gasteiger partial charge in [-0.05, 0) is 67.7 Å². The number of hydrogen-bond donors (Lipinski definition) is 1. The summed E-state index contributed by atoms with van der Waals surface area (Å²) >= 11 is 0. The van der Waals surface area contributed by atoms with Gasteiger partial charge in [0.25, 0.3) is 0 Å². The van der Waals surface area contributed by atoms with Crippen molar-refractivity contribution >= 4 is 0 Å². The predicted molar refractivity (Wildman–Crippen MR) is 71.8 cm³/mol. The molecule has 1 aromatic carbocycles. The molecule has 3 atom stereocenters. The van der Waals surface area contributed by atoms with Gasteiger partial charge in [-0.15, -0.1) is 0 Å². The summed E-state index contributed by atoms with van der Waals surface area (Å²) in [6.07, 6.45) is 5.34. The van der Waals surface area contributed by atoms with Gasteiger partial charge >= 0.3 is 0 Å². The fraction of sp³-hybridized carbons (Fsp3) is 0.625. The van der Waals surface area contributed by atoms with Gasteiger partial charge in [-0.2, -0.15) is 0 Å². The monoisotopic (exact) mass is 247 g/mol. The van der Waals surface area contributed by atoms with Gasteiger partial charge in [-0.3, -0.25) is 0 Å². The molecule has 0 aromatic heterocycles. The van der Waals surface area contributed by atoms with Gasteiger partial charge in [-0.25, -0.2) is 4.39 Å². The molecule has 2 saturated carbocycles. The van der Waals surface area contributed by atoms with E-state index < -0.39 is 0 Å². The molecule has 18 heavy (non-hydrogen) atoms. The molecule has 2 heteroatoms. The summed E-state index contributed by atoms with van der Waals surface area (Å²) in [6, 6.07) is 7.51. The van der Waals surface area contributed by atoms with Gasteiger partial charge < -0.3 is 5.32 Å². The van der Waals surface area contributed by atoms with Crippen LogP contribution in [0.15, 0.2) is 24.3 Å². The van der Waals surface area contributed by atoms with Crippen LogP contribution in [-0.2, 0) is 0 Å². The molecule has 2 aliphatic carbocycles. The highest BCUT2D eigenvalue weighted by atomic mass is 19.1. The van der Waals surface area contributed by atoms with E-state index in [1.807, 2.05) is 12.1 Å². The van der Waals surface area contributed by atoms with E-state index in [9.17, 15) is 4.39 Å². The lowest BCUT2D eigenvalue weighted by molar-refractivity contribution is 0.341. The van der Waals surface area contributed by atoms with Crippen molar-refractivity contribution in [3.63, 3.8) is 0 Å². The van der Waals surface area contributed by atoms with Crippen LogP contribution in [0.4, 0.5) is 4.39 Å². The Morgan fingerprint density at radius 3 is 2.44 bits per heavy atom. The normalized spacial score (nSPS) is 31.1. The largest absolute Gasteiger partial charge is 0.310 e. The number of hydrogen-bond acceptors (Lipinski definition) is 1. The highest BCUT2D eigenvalue weighted by molar-refractivity contribution is 5.22. The van der Waals surface area contributed by atoms with Gasteiger partial charge in [0.05, 0.1) is 0 Å². The van der Waals surface area contributed by atoms with Crippen molar-refractivity contribution in [3.05, 3.63) is 35.6 Å². The van der Waals surface area contributed by atoms with E-state index >= 15 is 0 Å². The van der Waals surface area contributed by atoms with Crippen LogP contribution in [-0.4, -0.2) is 6.54 Å². The van der Waals surface area contributed by atoms with Crippen molar-refractivity contribution in [2.75, 3.05) is 6.54 Å². The second-order valence-corrected chi connectivity index (χ2v) is 5.97. The first-order chi connectivity index (χ1) is 8.78. The number of halogens is 1. The fourth-order valence-electron chi connectivity index (χ4n) is 3.56. The molecule has 0 bridgehead atoms. The summed E-state index contributed by atoms with van der Waals surface area (Å²) in [7, 11) is 0. The molecule has 1 aromatic rings. The minimum absolute atomic E-state index is 0.137. The molecule has 0 spiro atoms. The average Bonchev–Trinajstić information content (AvgIpc) is 2.99. The van der Waals surface area contributed by atoms with Crippen LogP contribution >= 0.6 is 0 Å². The standard InChI is InChI=1S/C16H22FN/c1-2-7-18-16(11-3-5-15(17)6-4-11)14-9-12-8-13(12)10-14/h3-6,12-14,16,18H,2,7-10H2,1H3. The summed E-state index contributed by atoms with van der Waals surface area (Å²) in [4.78, 5) is 0. The maximum Gasteiger partial charge on any atom is 0.123 e. The highest BCUT2D eigenvalue weighted by Gasteiger charge is 2.47. The van der Waals surface area contributed by atoms with Crippen molar-refractivity contribution in [2.45, 2.75) is 38.6 Å². The van der Waals surface area contributed by atoms with Gasteiger partial charge in [-0.1, -0.05) is 19.1 Å². The first-order valence-electron chi connectivity index (χ1n) is 7.26. The zero-order valence-corrected chi connectivity index (χ0v) is 11.0. The summed E-state index contributed by atoms with van der Waals surface area (Å²) < 4.78 is 13.0. The predicted octanol–water partition coefficient (Wildman–Crippen LogP) is 3.91. The summed E-state index contributed by atoms with van der Waals surface area (Å²) in [5.41, 5.74) is 1.26. The maximum atomic E-state index is 13.0. The number of benzene rings is 1. The van der Waals surface area contributed by atoms with Crippen LogP contribution < -0.4 is 5.32 Å². The minimum Gasteiger partial charge on any atom is -0.310 e. The van der Waals surface area contributed by atoms with Crippen LogP contribution in [0.2, 0.25) is 0 Å². The van der Waals surface area contributed by atoms with E-state index in [1.54, 1.807) is 12.1 Å². The third kappa shape index (κ3) is 2.44. The zero-order chi connectivity index (χ0) is 12.5. The topological polar surface area (TPSA) is 12.0 Å². The Balaban J connectivity index is 1.73. The van der Waals surface area contributed by atoms with E-state index in [0.717, 1.165) is 30.7 Å². The molecule has 0 aliphatic heterocycles. The van der Waals surface area contributed by atoms with Crippen molar-refractivity contribution in [2.24, 2.45) is 17.8 Å². The number of fused-ring (bicyclic) bond motifs is 1. The van der Waals surface area contributed by atoms with Crippen LogP contribution in [0, 0.1) is 23.6 Å². The Morgan fingerprint density at radius 2 is 1.83 bits per heavy atom. The fourth-order valence-corrected chi connectivity index (χ4v) is 3.56. The number of nitrogens with one attached hydrogen (secondary N) is 1. The molecule has 1 nitrogen and oxygen atoms in total. The van der Waals surface area contributed by atoms with E-state index in [1.165, 1.54) is 24.8 Å². The average molecular weight is 247 g/mol. The lowest BCUT2D eigenvalue weighted by Crippen LogP contribution is -2.28. The van der Waals surface area contributed by atoms with Crippen molar-refractivity contribution in [3.8, 4) is 0 Å². The zero-order valence-electron chi connectivity index (χ0n) is 11.0. The van der Waals surface area contributed by atoms with Crippen LogP contribution in [0.3, 0.4) is 0 Å². The first-order valence-corrected chi connectivity index (χ1v) is 7.26. The Labute approximate surface area is 109 Å². The van der Waals surface area contributed by atoms with E-state index in [0.29, 0.717) is 6.04 Å². The molecule has 2 fully saturated rings. The Hall–Kier alpha value is -0.890. The smallest absolute Gasteiger partial charge is 0.123 e. The molecular weight excluding hydrogens is 225 g/mol. The molecule has 1 N–H and O–H groups in total. The Kier molecular flexibility index (Phi) is 3.38. The number of rotatable bonds is 5. The van der Waals surface area contributed by atoms with Gasteiger partial charge in [0.1, 0.15) is 5.82 Å². The third-order valence-electron chi connectivity index (χ3n) is 4.59. The third-order valence-corrected chi connectivity index (χ3v) is 4.59. The summed E-state index contributed by atoms with van der Waals surface area (Å²) in [5.74, 6) is 2.62. The molecule has 0 heterocycles. The van der Waals surface area contributed by atoms with Crippen molar-refractivity contribution in [1.82, 2.24) is 5.32 Å². The van der Waals surface area contributed by atoms with Crippen LogP contribution in [0.25, 0.3) is 0 Å². The molecule has 3 unspecified atom stereocenters. The summed E-state index contributed by atoms with van der Waals surface area (Å²) in [5, 5.41) is 3.67. The second kappa shape index (κ2) is 5.00. The molecule has 0 saturated heterocycles. The van der Waals surface area contributed by atoms with Gasteiger partial charge in [0, 0.05) is 6.04 Å². The Bertz CT molecular complexity index is 390. The minimum atomic E-state index is -0.137. The van der Waals surface area contributed by atoms with Crippen molar-refractivity contribution < 1.29 is 4.39 Å². The first kappa shape index (κ1) is 12.2. The maximum absolute atomic E-state index is 13.0. The quantitative estimate of drug-likeness (QED) is 0.831. The Morgan fingerprint density at radius 1 is 1.17 bits per heavy atom. The van der Waals surface area contributed by atoms with E-state index in [2.05, 4.69) is 12.2 Å². The molecule has 3 rings (SSSR count). The SMILES string of the molecule is CCCNC(c1ccc(F)cc1)C1CC2CC2C1. The van der Waals surface area contributed by atoms with Crippen molar-refractivity contribution in [1.29, 1.82) is 0 Å². The second-order valence-electron chi connectivity index (χ2n) is 5.97. The van der Waals surface area contributed by atoms with Gasteiger partial charge in [0.15, 0.2) is 0 Å². The highest BCUT2D eigenvalue weighted by Crippen LogP contribution is 2.57. The lowest BCUT2D eigenvalue weighted by Gasteiger charge is -2.26. The van der Waals surface area contributed by atoms with E-state index in [4.69, 9.17) is 0 Å². The molecular formula is C16H22FN. The molecule has 2 aliphatic rings. The lowest BCUT2D eigenvalue weighted by atomic mass is 9.89. The van der Waals surface area contributed by atoms with Crippen LogP contribution in [0.5, 0.6) is 0 Å². The summed E-state index contributed by atoms with van der Waals surface area (Å²) in [6.45, 7) is 3.24. The van der Waals surface area contributed by atoms with Crippen LogP contribution in [0.1, 0.15) is 44.2 Å². The molecule has 0 radical (unpaired) electrons. The molecule has 98 valence electrons.